The number of hydrogen-bond donors (Lipinski definition) is 1. The van der Waals surface area contributed by atoms with Gasteiger partial charge in [-0.1, -0.05) is 19.3 Å². The summed E-state index contributed by atoms with van der Waals surface area (Å²) in [5.41, 5.74) is 0. The molecule has 1 aliphatic heterocycles. The molecule has 1 aromatic rings. The average molecular weight is 320 g/mol. The molecule has 1 aliphatic carbocycles. The van der Waals surface area contributed by atoms with Crippen molar-refractivity contribution in [3.8, 4) is 0 Å². The first-order valence-corrected chi connectivity index (χ1v) is 7.09. The highest BCUT2D eigenvalue weighted by Crippen LogP contribution is 2.44. The van der Waals surface area contributed by atoms with Crippen molar-refractivity contribution < 1.29 is 0 Å². The molecular weight excluding hydrogens is 307 g/mol. The number of rotatable bonds is 2. The summed E-state index contributed by atoms with van der Waals surface area (Å²) < 4.78 is 1.30. The lowest BCUT2D eigenvalue weighted by Gasteiger charge is -2.45. The zero-order valence-corrected chi connectivity index (χ0v) is 10.8. The zero-order valence-electron chi connectivity index (χ0n) is 7.87. The van der Waals surface area contributed by atoms with E-state index >= 15 is 0 Å². The van der Waals surface area contributed by atoms with Gasteiger partial charge in [0.25, 0.3) is 0 Å². The minimum absolute atomic E-state index is 0.578. The van der Waals surface area contributed by atoms with Gasteiger partial charge in [0.05, 0.1) is 15.1 Å². The van der Waals surface area contributed by atoms with Gasteiger partial charge in [0.1, 0.15) is 5.01 Å². The fourth-order valence-corrected chi connectivity index (χ4v) is 3.97. The highest BCUT2D eigenvalue weighted by atomic mass is 127. The van der Waals surface area contributed by atoms with Gasteiger partial charge in [-0.2, -0.15) is 0 Å². The maximum absolute atomic E-state index is 4.48. The highest BCUT2D eigenvalue weighted by Gasteiger charge is 2.41. The Hall–Kier alpha value is 0.320. The number of nitrogens with zero attached hydrogens (tertiary/aromatic N) is 1. The Morgan fingerprint density at radius 2 is 2.36 bits per heavy atom. The van der Waals surface area contributed by atoms with Gasteiger partial charge in [-0.3, -0.25) is 0 Å². The fourth-order valence-electron chi connectivity index (χ4n) is 2.36. The van der Waals surface area contributed by atoms with Crippen molar-refractivity contribution >= 4 is 33.9 Å². The van der Waals surface area contributed by atoms with Crippen molar-refractivity contribution in [3.63, 3.8) is 0 Å². The first kappa shape index (κ1) is 9.54. The molecule has 0 bridgehead atoms. The minimum Gasteiger partial charge on any atom is -0.307 e. The van der Waals surface area contributed by atoms with Crippen molar-refractivity contribution in [3.05, 3.63) is 14.1 Å². The van der Waals surface area contributed by atoms with Crippen molar-refractivity contribution in [2.45, 2.75) is 25.3 Å². The van der Waals surface area contributed by atoms with Crippen LogP contribution in [0.4, 0.5) is 0 Å². The summed E-state index contributed by atoms with van der Waals surface area (Å²) in [4.78, 5) is 4.48. The Morgan fingerprint density at radius 1 is 1.50 bits per heavy atom. The minimum atomic E-state index is 0.578. The summed E-state index contributed by atoms with van der Waals surface area (Å²) in [7, 11) is 0. The smallest absolute Gasteiger partial charge is 0.111 e. The molecule has 14 heavy (non-hydrogen) atoms. The predicted molar refractivity (Wildman–Crippen MR) is 66.4 cm³/mol. The Kier molecular flexibility index (Phi) is 2.53. The molecule has 2 atom stereocenters. The van der Waals surface area contributed by atoms with Crippen LogP contribution in [0.25, 0.3) is 0 Å². The van der Waals surface area contributed by atoms with Gasteiger partial charge in [-0.15, -0.1) is 11.3 Å². The van der Waals surface area contributed by atoms with Gasteiger partial charge in [0.2, 0.25) is 0 Å². The number of hydrogen-bond acceptors (Lipinski definition) is 3. The van der Waals surface area contributed by atoms with Gasteiger partial charge in [-0.25, -0.2) is 4.98 Å². The molecule has 1 aromatic heterocycles. The van der Waals surface area contributed by atoms with E-state index in [0.29, 0.717) is 6.04 Å². The molecule has 2 nitrogen and oxygen atoms in total. The molecule has 1 N–H and O–H groups in total. The summed E-state index contributed by atoms with van der Waals surface area (Å²) in [6.07, 6.45) is 6.33. The molecule has 1 saturated heterocycles. The molecule has 76 valence electrons. The molecule has 2 heterocycles. The van der Waals surface area contributed by atoms with Crippen LogP contribution in [0.3, 0.4) is 0 Å². The van der Waals surface area contributed by atoms with Crippen molar-refractivity contribution in [1.29, 1.82) is 0 Å². The largest absolute Gasteiger partial charge is 0.307 e. The first-order chi connectivity index (χ1) is 6.84. The standard InChI is InChI=1S/C10H13IN2S/c11-8-5-13-10(14-8)9-7(4-12-9)6-2-1-3-6/h5-7,9,12H,1-4H2. The van der Waals surface area contributed by atoms with Crippen molar-refractivity contribution in [2.75, 3.05) is 6.54 Å². The summed E-state index contributed by atoms with van der Waals surface area (Å²) >= 11 is 4.19. The average Bonchev–Trinajstić information content (AvgIpc) is 2.41. The predicted octanol–water partition coefficient (Wildman–Crippen LogP) is 2.81. The van der Waals surface area contributed by atoms with Gasteiger partial charge in [-0.05, 0) is 34.4 Å². The van der Waals surface area contributed by atoms with Gasteiger partial charge < -0.3 is 5.32 Å². The lowest BCUT2D eigenvalue weighted by Crippen LogP contribution is -2.50. The van der Waals surface area contributed by atoms with E-state index in [1.807, 2.05) is 17.5 Å². The molecule has 2 unspecified atom stereocenters. The van der Waals surface area contributed by atoms with Crippen LogP contribution >= 0.6 is 33.9 Å². The van der Waals surface area contributed by atoms with Gasteiger partial charge >= 0.3 is 0 Å². The highest BCUT2D eigenvalue weighted by molar-refractivity contribution is 14.1. The quantitative estimate of drug-likeness (QED) is 0.848. The van der Waals surface area contributed by atoms with E-state index in [2.05, 4.69) is 32.9 Å². The van der Waals surface area contributed by atoms with Crippen LogP contribution < -0.4 is 5.32 Å². The second kappa shape index (κ2) is 3.72. The molecular formula is C10H13IN2S. The van der Waals surface area contributed by atoms with Crippen molar-refractivity contribution in [2.24, 2.45) is 11.8 Å². The maximum Gasteiger partial charge on any atom is 0.111 e. The van der Waals surface area contributed by atoms with Crippen LogP contribution in [-0.2, 0) is 0 Å². The van der Waals surface area contributed by atoms with Crippen molar-refractivity contribution in [1.82, 2.24) is 10.3 Å². The van der Waals surface area contributed by atoms with E-state index in [4.69, 9.17) is 0 Å². The van der Waals surface area contributed by atoms with E-state index in [1.165, 1.54) is 33.7 Å². The third kappa shape index (κ3) is 1.51. The SMILES string of the molecule is Ic1cnc(C2NCC2C2CCC2)s1. The Morgan fingerprint density at radius 3 is 2.79 bits per heavy atom. The van der Waals surface area contributed by atoms with Crippen LogP contribution in [0.1, 0.15) is 30.3 Å². The zero-order chi connectivity index (χ0) is 9.54. The Balaban J connectivity index is 1.73. The molecule has 0 radical (unpaired) electrons. The molecule has 2 aliphatic rings. The molecule has 1 saturated carbocycles. The summed E-state index contributed by atoms with van der Waals surface area (Å²) in [6, 6.07) is 0.578. The van der Waals surface area contributed by atoms with E-state index in [1.54, 1.807) is 0 Å². The summed E-state index contributed by atoms with van der Waals surface area (Å²) in [5, 5.41) is 4.82. The lowest BCUT2D eigenvalue weighted by molar-refractivity contribution is 0.0940. The van der Waals surface area contributed by atoms with E-state index in [-0.39, 0.29) is 0 Å². The molecule has 3 rings (SSSR count). The molecule has 0 aromatic carbocycles. The topological polar surface area (TPSA) is 24.9 Å². The van der Waals surface area contributed by atoms with Crippen LogP contribution in [0.5, 0.6) is 0 Å². The third-order valence-electron chi connectivity index (χ3n) is 3.52. The summed E-state index contributed by atoms with van der Waals surface area (Å²) in [5.74, 6) is 1.87. The lowest BCUT2D eigenvalue weighted by atomic mass is 9.69. The monoisotopic (exact) mass is 320 g/mol. The van der Waals surface area contributed by atoms with E-state index in [9.17, 15) is 0 Å². The van der Waals surface area contributed by atoms with E-state index < -0.39 is 0 Å². The van der Waals surface area contributed by atoms with Crippen LogP contribution in [0.2, 0.25) is 0 Å². The Labute approximate surface area is 102 Å². The molecule has 2 fully saturated rings. The second-order valence-corrected chi connectivity index (χ2v) is 7.20. The van der Waals surface area contributed by atoms with Gasteiger partial charge in [0, 0.05) is 6.54 Å². The molecule has 0 spiro atoms. The third-order valence-corrected chi connectivity index (χ3v) is 5.33. The van der Waals surface area contributed by atoms with E-state index in [0.717, 1.165) is 11.8 Å². The van der Waals surface area contributed by atoms with Crippen LogP contribution in [0, 0.1) is 14.7 Å². The normalized spacial score (nSPS) is 32.4. The number of aromatic nitrogens is 1. The van der Waals surface area contributed by atoms with Crippen LogP contribution in [-0.4, -0.2) is 11.5 Å². The maximum atomic E-state index is 4.48. The fraction of sp³-hybridized carbons (Fsp3) is 0.700. The first-order valence-electron chi connectivity index (χ1n) is 5.19. The number of halogens is 1. The summed E-state index contributed by atoms with van der Waals surface area (Å²) in [6.45, 7) is 1.21. The molecule has 0 amide bonds. The number of nitrogens with one attached hydrogen (secondary N) is 1. The second-order valence-electron chi connectivity index (χ2n) is 4.24. The Bertz CT molecular complexity index is 335. The van der Waals surface area contributed by atoms with Gasteiger partial charge in [0.15, 0.2) is 0 Å². The molecule has 4 heteroatoms. The number of thiazole rings is 1. The van der Waals surface area contributed by atoms with Crippen LogP contribution in [0.15, 0.2) is 6.20 Å².